The maximum absolute atomic E-state index is 12.1. The fraction of sp³-hybridized carbons (Fsp3) is 0.176. The minimum atomic E-state index is -0.606. The molecule has 6 nitrogen and oxygen atoms in total. The van der Waals surface area contributed by atoms with Crippen LogP contribution in [0, 0.1) is 0 Å². The minimum Gasteiger partial charge on any atom is -0.497 e. The summed E-state index contributed by atoms with van der Waals surface area (Å²) in [5.74, 6) is 1.10. The van der Waals surface area contributed by atoms with E-state index >= 15 is 0 Å². The standard InChI is InChI=1S/C34H32N2O4/c1-39-28-18-16-25(17-19-28)30(26-14-9-15-27(22-26)36-31-32(37)33(38)34(31)40-2)35-21-20-29(23-10-5-3-6-11-23)24-12-7-4-8-13-24/h3-19,22,29-30,35-36H,20-21H2,1-2H3. The molecule has 0 aliphatic rings. The Morgan fingerprint density at radius 2 is 1.27 bits per heavy atom. The molecule has 202 valence electrons. The summed E-state index contributed by atoms with van der Waals surface area (Å²) in [5.41, 5.74) is 4.38. The van der Waals surface area contributed by atoms with Crippen LogP contribution in [-0.4, -0.2) is 20.8 Å². The number of benzene rings is 4. The van der Waals surface area contributed by atoms with Gasteiger partial charge in [0.05, 0.1) is 20.3 Å². The molecule has 1 atom stereocenters. The van der Waals surface area contributed by atoms with Crippen molar-refractivity contribution in [3.05, 3.63) is 152 Å². The van der Waals surface area contributed by atoms with Gasteiger partial charge in [-0.15, -0.1) is 0 Å². The summed E-state index contributed by atoms with van der Waals surface area (Å²) in [6.45, 7) is 0.759. The molecule has 0 heterocycles. The number of rotatable bonds is 12. The predicted molar refractivity (Wildman–Crippen MR) is 160 cm³/mol. The number of anilines is 2. The molecule has 1 unspecified atom stereocenters. The van der Waals surface area contributed by atoms with Crippen LogP contribution < -0.4 is 31.0 Å². The molecule has 0 fully saturated rings. The third kappa shape index (κ3) is 5.82. The van der Waals surface area contributed by atoms with Gasteiger partial charge in [0.25, 0.3) is 10.9 Å². The third-order valence-corrected chi connectivity index (χ3v) is 7.19. The van der Waals surface area contributed by atoms with Crippen LogP contribution in [0.4, 0.5) is 11.4 Å². The average molecular weight is 533 g/mol. The van der Waals surface area contributed by atoms with E-state index in [2.05, 4.69) is 77.4 Å². The minimum absolute atomic E-state index is 0.0631. The zero-order valence-corrected chi connectivity index (χ0v) is 22.6. The Balaban J connectivity index is 1.41. The summed E-state index contributed by atoms with van der Waals surface area (Å²) in [6, 6.07) is 36.9. The molecular weight excluding hydrogens is 500 g/mol. The maximum atomic E-state index is 12.1. The van der Waals surface area contributed by atoms with Gasteiger partial charge in [-0.3, -0.25) is 9.59 Å². The van der Waals surface area contributed by atoms with Gasteiger partial charge in [0.2, 0.25) is 0 Å². The quantitative estimate of drug-likeness (QED) is 0.194. The molecule has 6 heteroatoms. The molecule has 5 aromatic rings. The molecule has 0 radical (unpaired) electrons. The first kappa shape index (κ1) is 26.9. The number of nitrogens with one attached hydrogen (secondary N) is 2. The normalized spacial score (nSPS) is 11.9. The van der Waals surface area contributed by atoms with Gasteiger partial charge in [0, 0.05) is 11.6 Å². The Morgan fingerprint density at radius 1 is 0.650 bits per heavy atom. The third-order valence-electron chi connectivity index (χ3n) is 7.19. The molecule has 2 N–H and O–H groups in total. The summed E-state index contributed by atoms with van der Waals surface area (Å²) >= 11 is 0. The fourth-order valence-electron chi connectivity index (χ4n) is 5.11. The lowest BCUT2D eigenvalue weighted by Crippen LogP contribution is -2.34. The summed E-state index contributed by atoms with van der Waals surface area (Å²) < 4.78 is 10.5. The summed E-state index contributed by atoms with van der Waals surface area (Å²) in [4.78, 5) is 23.9. The van der Waals surface area contributed by atoms with Crippen LogP contribution >= 0.6 is 0 Å². The second-order valence-electron chi connectivity index (χ2n) is 9.64. The van der Waals surface area contributed by atoms with E-state index in [4.69, 9.17) is 9.47 Å². The molecule has 0 saturated heterocycles. The molecule has 5 rings (SSSR count). The number of ether oxygens (including phenoxy) is 2. The van der Waals surface area contributed by atoms with Crippen molar-refractivity contribution in [2.24, 2.45) is 0 Å². The zero-order valence-electron chi connectivity index (χ0n) is 22.6. The SMILES string of the molecule is COc1ccc(C(NCCC(c2ccccc2)c2ccccc2)c2cccc(Nc3c(OC)c(=O)c3=O)c2)cc1. The Labute approximate surface area is 233 Å². The Hall–Kier alpha value is -4.68. The van der Waals surface area contributed by atoms with E-state index in [-0.39, 0.29) is 23.4 Å². The average Bonchev–Trinajstić information content (AvgIpc) is 3.02. The van der Waals surface area contributed by atoms with E-state index in [9.17, 15) is 9.59 Å². The van der Waals surface area contributed by atoms with Crippen molar-refractivity contribution >= 4 is 11.4 Å². The highest BCUT2D eigenvalue weighted by molar-refractivity contribution is 5.70. The van der Waals surface area contributed by atoms with E-state index in [1.54, 1.807) is 7.11 Å². The van der Waals surface area contributed by atoms with Crippen molar-refractivity contribution in [2.45, 2.75) is 18.4 Å². The van der Waals surface area contributed by atoms with Crippen LogP contribution in [0.1, 0.15) is 40.6 Å². The van der Waals surface area contributed by atoms with E-state index in [1.807, 2.05) is 42.5 Å². The second-order valence-corrected chi connectivity index (χ2v) is 9.64. The Bertz CT molecular complexity index is 1570. The molecule has 0 amide bonds. The van der Waals surface area contributed by atoms with Gasteiger partial charge in [-0.05, 0) is 59.5 Å². The van der Waals surface area contributed by atoms with Crippen LogP contribution in [0.2, 0.25) is 0 Å². The van der Waals surface area contributed by atoms with Crippen molar-refractivity contribution in [3.8, 4) is 11.5 Å². The molecule has 0 bridgehead atoms. The van der Waals surface area contributed by atoms with Gasteiger partial charge in [0.15, 0.2) is 5.75 Å². The van der Waals surface area contributed by atoms with Crippen LogP contribution in [0.3, 0.4) is 0 Å². The number of hydrogen-bond donors (Lipinski definition) is 2. The van der Waals surface area contributed by atoms with E-state index in [1.165, 1.54) is 18.2 Å². The smallest absolute Gasteiger partial charge is 0.272 e. The monoisotopic (exact) mass is 532 g/mol. The van der Waals surface area contributed by atoms with Crippen molar-refractivity contribution in [1.29, 1.82) is 0 Å². The zero-order chi connectivity index (χ0) is 27.9. The summed E-state index contributed by atoms with van der Waals surface area (Å²) in [5, 5.41) is 6.86. The fourth-order valence-corrected chi connectivity index (χ4v) is 5.11. The first-order valence-electron chi connectivity index (χ1n) is 13.3. The summed E-state index contributed by atoms with van der Waals surface area (Å²) in [7, 11) is 3.04. The lowest BCUT2D eigenvalue weighted by Gasteiger charge is -2.24. The van der Waals surface area contributed by atoms with Crippen LogP contribution in [-0.2, 0) is 0 Å². The van der Waals surface area contributed by atoms with Gasteiger partial charge in [-0.1, -0.05) is 84.9 Å². The Morgan fingerprint density at radius 3 is 1.88 bits per heavy atom. The van der Waals surface area contributed by atoms with Crippen molar-refractivity contribution in [1.82, 2.24) is 5.32 Å². The highest BCUT2D eigenvalue weighted by Gasteiger charge is 2.23. The van der Waals surface area contributed by atoms with Gasteiger partial charge in [-0.2, -0.15) is 0 Å². The molecule has 0 aliphatic carbocycles. The molecular formula is C34H32N2O4. The molecule has 0 saturated carbocycles. The highest BCUT2D eigenvalue weighted by atomic mass is 16.5. The number of hydrogen-bond acceptors (Lipinski definition) is 6. The first-order chi connectivity index (χ1) is 19.6. The lowest BCUT2D eigenvalue weighted by atomic mass is 9.88. The molecule has 0 spiro atoms. The van der Waals surface area contributed by atoms with Crippen molar-refractivity contribution in [2.75, 3.05) is 26.1 Å². The lowest BCUT2D eigenvalue weighted by molar-refractivity contribution is 0.408. The van der Waals surface area contributed by atoms with Crippen LogP contribution in [0.15, 0.2) is 119 Å². The Kier molecular flexibility index (Phi) is 8.38. The molecule has 0 aromatic heterocycles. The molecule has 5 aromatic carbocycles. The topological polar surface area (TPSA) is 76.7 Å². The summed E-state index contributed by atoms with van der Waals surface area (Å²) in [6.07, 6.45) is 0.902. The molecule has 40 heavy (non-hydrogen) atoms. The van der Waals surface area contributed by atoms with Crippen LogP contribution in [0.5, 0.6) is 11.5 Å². The number of methoxy groups -OCH3 is 2. The molecule has 0 aliphatic heterocycles. The van der Waals surface area contributed by atoms with E-state index in [0.29, 0.717) is 5.69 Å². The van der Waals surface area contributed by atoms with E-state index in [0.717, 1.165) is 29.8 Å². The van der Waals surface area contributed by atoms with E-state index < -0.39 is 10.9 Å². The first-order valence-corrected chi connectivity index (χ1v) is 13.3. The second kappa shape index (κ2) is 12.5. The maximum Gasteiger partial charge on any atom is 0.272 e. The van der Waals surface area contributed by atoms with Gasteiger partial charge in [0.1, 0.15) is 11.4 Å². The predicted octanol–water partition coefficient (Wildman–Crippen LogP) is 5.94. The van der Waals surface area contributed by atoms with Gasteiger partial charge < -0.3 is 20.1 Å². The van der Waals surface area contributed by atoms with Crippen molar-refractivity contribution < 1.29 is 9.47 Å². The van der Waals surface area contributed by atoms with Gasteiger partial charge >= 0.3 is 0 Å². The largest absolute Gasteiger partial charge is 0.497 e. The van der Waals surface area contributed by atoms with Crippen molar-refractivity contribution in [3.63, 3.8) is 0 Å². The van der Waals surface area contributed by atoms with Gasteiger partial charge in [-0.25, -0.2) is 0 Å². The highest BCUT2D eigenvalue weighted by Crippen LogP contribution is 2.31. The van der Waals surface area contributed by atoms with Crippen LogP contribution in [0.25, 0.3) is 0 Å².